The normalized spacial score (nSPS) is 10.2. The van der Waals surface area contributed by atoms with Crippen LogP contribution < -0.4 is 5.56 Å². The molecule has 0 aliphatic heterocycles. The zero-order valence-electron chi connectivity index (χ0n) is 7.29. The maximum atomic E-state index is 11.5. The first kappa shape index (κ1) is 7.86. The smallest absolute Gasteiger partial charge is 0.257 e. The van der Waals surface area contributed by atoms with Crippen molar-refractivity contribution in [3.05, 3.63) is 46.5 Å². The lowest BCUT2D eigenvalue weighted by molar-refractivity contribution is 1.20. The summed E-state index contributed by atoms with van der Waals surface area (Å²) >= 11 is 0. The molecule has 0 atom stereocenters. The maximum Gasteiger partial charge on any atom is 0.257 e. The highest BCUT2D eigenvalue weighted by Gasteiger charge is 2.05. The molecule has 0 radical (unpaired) electrons. The molecular weight excluding hydrogens is 164 g/mol. The summed E-state index contributed by atoms with van der Waals surface area (Å²) in [5.41, 5.74) is 2.50. The first-order valence-electron chi connectivity index (χ1n) is 4.11. The highest BCUT2D eigenvalue weighted by molar-refractivity contribution is 5.61. The average Bonchev–Trinajstić information content (AvgIpc) is 2.57. The van der Waals surface area contributed by atoms with Crippen LogP contribution in [0.15, 0.2) is 35.4 Å². The Labute approximate surface area is 75.4 Å². The lowest BCUT2D eigenvalue weighted by atomic mass is 10.1. The van der Waals surface area contributed by atoms with Crippen molar-refractivity contribution < 1.29 is 0 Å². The van der Waals surface area contributed by atoms with Crippen molar-refractivity contribution >= 4 is 0 Å². The van der Waals surface area contributed by atoms with E-state index in [0.717, 1.165) is 11.3 Å². The summed E-state index contributed by atoms with van der Waals surface area (Å²) in [6, 6.07) is 5.65. The minimum atomic E-state index is -0.0533. The third-order valence-corrected chi connectivity index (χ3v) is 2.04. The molecule has 0 aliphatic rings. The Morgan fingerprint density at radius 2 is 2.00 bits per heavy atom. The van der Waals surface area contributed by atoms with Gasteiger partial charge >= 0.3 is 0 Å². The predicted molar refractivity (Wildman–Crippen MR) is 51.6 cm³/mol. The summed E-state index contributed by atoms with van der Waals surface area (Å²) in [6.45, 7) is 1.92. The van der Waals surface area contributed by atoms with E-state index in [0.29, 0.717) is 5.56 Å². The molecule has 13 heavy (non-hydrogen) atoms. The van der Waals surface area contributed by atoms with Crippen molar-refractivity contribution in [2.24, 2.45) is 0 Å². The molecule has 0 unspecified atom stereocenters. The minimum Gasteiger partial charge on any atom is -0.361 e. The molecule has 2 rings (SSSR count). The van der Waals surface area contributed by atoms with Crippen LogP contribution >= 0.6 is 0 Å². The van der Waals surface area contributed by atoms with E-state index in [1.807, 2.05) is 25.1 Å². The van der Waals surface area contributed by atoms with Crippen molar-refractivity contribution in [2.45, 2.75) is 6.92 Å². The molecule has 3 heteroatoms. The summed E-state index contributed by atoms with van der Waals surface area (Å²) < 4.78 is 0. The fraction of sp³-hybridized carbons (Fsp3) is 0.100. The van der Waals surface area contributed by atoms with E-state index < -0.39 is 0 Å². The second-order valence-electron chi connectivity index (χ2n) is 2.95. The highest BCUT2D eigenvalue weighted by atomic mass is 16.1. The van der Waals surface area contributed by atoms with Crippen LogP contribution in [0.3, 0.4) is 0 Å². The van der Waals surface area contributed by atoms with Crippen molar-refractivity contribution in [3.8, 4) is 11.3 Å². The van der Waals surface area contributed by atoms with Crippen LogP contribution in [0.2, 0.25) is 0 Å². The van der Waals surface area contributed by atoms with Crippen LogP contribution in [0.1, 0.15) is 5.56 Å². The largest absolute Gasteiger partial charge is 0.361 e. The molecule has 66 valence electrons. The summed E-state index contributed by atoms with van der Waals surface area (Å²) in [5.74, 6) is 0. The Balaban J connectivity index is 2.71. The van der Waals surface area contributed by atoms with Crippen LogP contribution in [0.4, 0.5) is 0 Å². The van der Waals surface area contributed by atoms with Gasteiger partial charge in [0.05, 0.1) is 11.3 Å². The summed E-state index contributed by atoms with van der Waals surface area (Å²) in [5, 5.41) is 0. The standard InChI is InChI=1S/C10H10N2O/c1-7-4-6-12-10(13)9(7)8-3-2-5-11-8/h2-6,11H,1H3,(H,12,13). The number of aryl methyl sites for hydroxylation is 1. The third kappa shape index (κ3) is 1.28. The van der Waals surface area contributed by atoms with Crippen LogP contribution in [-0.2, 0) is 0 Å². The van der Waals surface area contributed by atoms with Gasteiger partial charge in [-0.05, 0) is 30.7 Å². The molecule has 0 spiro atoms. The topological polar surface area (TPSA) is 48.6 Å². The molecule has 0 fully saturated rings. The molecule has 2 aromatic rings. The maximum absolute atomic E-state index is 11.5. The van der Waals surface area contributed by atoms with E-state index in [9.17, 15) is 4.79 Å². The monoisotopic (exact) mass is 174 g/mol. The molecule has 3 nitrogen and oxygen atoms in total. The zero-order chi connectivity index (χ0) is 9.26. The van der Waals surface area contributed by atoms with Gasteiger partial charge in [0.2, 0.25) is 0 Å². The Morgan fingerprint density at radius 3 is 2.62 bits per heavy atom. The van der Waals surface area contributed by atoms with Gasteiger partial charge in [0.15, 0.2) is 0 Å². The fourth-order valence-corrected chi connectivity index (χ4v) is 1.40. The van der Waals surface area contributed by atoms with Gasteiger partial charge < -0.3 is 9.97 Å². The third-order valence-electron chi connectivity index (χ3n) is 2.04. The molecule has 2 aromatic heterocycles. The molecule has 0 aliphatic carbocycles. The molecule has 0 saturated heterocycles. The molecule has 0 amide bonds. The Hall–Kier alpha value is -1.77. The van der Waals surface area contributed by atoms with Crippen LogP contribution in [0, 0.1) is 6.92 Å². The van der Waals surface area contributed by atoms with E-state index in [4.69, 9.17) is 0 Å². The van der Waals surface area contributed by atoms with Crippen molar-refractivity contribution in [3.63, 3.8) is 0 Å². The summed E-state index contributed by atoms with van der Waals surface area (Å²) in [4.78, 5) is 17.1. The van der Waals surface area contributed by atoms with E-state index >= 15 is 0 Å². The number of nitrogens with one attached hydrogen (secondary N) is 2. The molecule has 0 saturated carbocycles. The number of rotatable bonds is 1. The van der Waals surface area contributed by atoms with Gasteiger partial charge in [0, 0.05) is 12.4 Å². The highest BCUT2D eigenvalue weighted by Crippen LogP contribution is 2.15. The number of H-pyrrole nitrogens is 2. The lowest BCUT2D eigenvalue weighted by Gasteiger charge is -2.00. The van der Waals surface area contributed by atoms with Gasteiger partial charge in [-0.15, -0.1) is 0 Å². The van der Waals surface area contributed by atoms with Gasteiger partial charge in [-0.25, -0.2) is 0 Å². The van der Waals surface area contributed by atoms with E-state index in [-0.39, 0.29) is 5.56 Å². The minimum absolute atomic E-state index is 0.0533. The first-order valence-corrected chi connectivity index (χ1v) is 4.11. The number of aromatic amines is 2. The molecule has 2 N–H and O–H groups in total. The number of pyridine rings is 1. The molecule has 0 aromatic carbocycles. The number of aromatic nitrogens is 2. The first-order chi connectivity index (χ1) is 6.29. The fourth-order valence-electron chi connectivity index (χ4n) is 1.40. The summed E-state index contributed by atoms with van der Waals surface area (Å²) in [7, 11) is 0. The van der Waals surface area contributed by atoms with E-state index in [2.05, 4.69) is 9.97 Å². The number of hydrogen-bond acceptors (Lipinski definition) is 1. The van der Waals surface area contributed by atoms with Crippen molar-refractivity contribution in [2.75, 3.05) is 0 Å². The molecular formula is C10H10N2O. The lowest BCUT2D eigenvalue weighted by Crippen LogP contribution is -2.09. The van der Waals surface area contributed by atoms with Gasteiger partial charge in [0.25, 0.3) is 5.56 Å². The van der Waals surface area contributed by atoms with Crippen molar-refractivity contribution in [1.82, 2.24) is 9.97 Å². The van der Waals surface area contributed by atoms with Crippen LogP contribution in [0.25, 0.3) is 11.3 Å². The Kier molecular flexibility index (Phi) is 1.77. The van der Waals surface area contributed by atoms with Gasteiger partial charge in [-0.2, -0.15) is 0 Å². The van der Waals surface area contributed by atoms with E-state index in [1.165, 1.54) is 0 Å². The van der Waals surface area contributed by atoms with E-state index in [1.54, 1.807) is 12.4 Å². The van der Waals surface area contributed by atoms with Crippen LogP contribution in [-0.4, -0.2) is 9.97 Å². The second-order valence-corrected chi connectivity index (χ2v) is 2.95. The quantitative estimate of drug-likeness (QED) is 0.678. The van der Waals surface area contributed by atoms with Gasteiger partial charge in [-0.3, -0.25) is 4.79 Å². The van der Waals surface area contributed by atoms with Crippen LogP contribution in [0.5, 0.6) is 0 Å². The second kappa shape index (κ2) is 2.94. The predicted octanol–water partition coefficient (Wildman–Crippen LogP) is 1.68. The Bertz CT molecular complexity index is 454. The molecule has 2 heterocycles. The Morgan fingerprint density at radius 1 is 1.15 bits per heavy atom. The average molecular weight is 174 g/mol. The SMILES string of the molecule is Cc1cc[nH]c(=O)c1-c1ccc[nH]1. The molecule has 0 bridgehead atoms. The zero-order valence-corrected chi connectivity index (χ0v) is 7.29. The van der Waals surface area contributed by atoms with Crippen molar-refractivity contribution in [1.29, 1.82) is 0 Å². The van der Waals surface area contributed by atoms with Gasteiger partial charge in [0.1, 0.15) is 0 Å². The number of hydrogen-bond donors (Lipinski definition) is 2. The van der Waals surface area contributed by atoms with Gasteiger partial charge in [-0.1, -0.05) is 0 Å². The summed E-state index contributed by atoms with van der Waals surface area (Å²) in [6.07, 6.45) is 3.46.